The Kier molecular flexibility index (Phi) is 3.59. The number of aromatic nitrogens is 1. The highest BCUT2D eigenvalue weighted by molar-refractivity contribution is 6.31. The number of hydrogen-bond acceptors (Lipinski definition) is 2. The first-order valence-electron chi connectivity index (χ1n) is 6.87. The van der Waals surface area contributed by atoms with Crippen LogP contribution in [0.25, 0.3) is 22.2 Å². The van der Waals surface area contributed by atoms with Crippen molar-refractivity contribution in [2.24, 2.45) is 0 Å². The maximum absolute atomic E-state index is 11.6. The number of aryl methyl sites for hydroxylation is 2. The number of carbonyl (C=O) groups is 1. The second-order valence-corrected chi connectivity index (χ2v) is 5.78. The van der Waals surface area contributed by atoms with Gasteiger partial charge in [0.15, 0.2) is 0 Å². The molecule has 0 saturated carbocycles. The van der Waals surface area contributed by atoms with E-state index in [0.717, 1.165) is 16.7 Å². The first kappa shape index (κ1) is 14.5. The predicted molar refractivity (Wildman–Crippen MR) is 88.6 cm³/mol. The summed E-state index contributed by atoms with van der Waals surface area (Å²) in [5.41, 5.74) is 4.43. The molecule has 1 N–H and O–H groups in total. The molecule has 0 spiro atoms. The highest BCUT2D eigenvalue weighted by Gasteiger charge is 2.15. The summed E-state index contributed by atoms with van der Waals surface area (Å²) in [4.78, 5) is 16.2. The Morgan fingerprint density at radius 3 is 2.41 bits per heavy atom. The van der Waals surface area contributed by atoms with Crippen molar-refractivity contribution in [1.29, 1.82) is 0 Å². The summed E-state index contributed by atoms with van der Waals surface area (Å²) >= 11 is 6.05. The van der Waals surface area contributed by atoms with Crippen LogP contribution in [-0.4, -0.2) is 16.1 Å². The number of rotatable bonds is 2. The zero-order valence-corrected chi connectivity index (χ0v) is 13.0. The normalized spacial score (nSPS) is 10.9. The number of pyridine rings is 1. The van der Waals surface area contributed by atoms with Crippen LogP contribution >= 0.6 is 11.6 Å². The molecular weight excluding hydrogens is 298 g/mol. The zero-order valence-electron chi connectivity index (χ0n) is 12.2. The van der Waals surface area contributed by atoms with E-state index >= 15 is 0 Å². The van der Waals surface area contributed by atoms with Gasteiger partial charge in [-0.1, -0.05) is 41.4 Å². The fraction of sp³-hybridized carbons (Fsp3) is 0.111. The fourth-order valence-electron chi connectivity index (χ4n) is 2.51. The maximum Gasteiger partial charge on any atom is 0.336 e. The van der Waals surface area contributed by atoms with Gasteiger partial charge in [-0.3, -0.25) is 0 Å². The third kappa shape index (κ3) is 2.55. The molecule has 0 unspecified atom stereocenters. The summed E-state index contributed by atoms with van der Waals surface area (Å²) in [5, 5.41) is 10.6. The second kappa shape index (κ2) is 5.43. The lowest BCUT2D eigenvalue weighted by Gasteiger charge is -2.10. The average molecular weight is 312 g/mol. The molecule has 4 heteroatoms. The molecule has 3 nitrogen and oxygen atoms in total. The molecule has 0 aliphatic carbocycles. The average Bonchev–Trinajstić information content (AvgIpc) is 2.47. The lowest BCUT2D eigenvalue weighted by atomic mass is 10.0. The number of hydrogen-bond donors (Lipinski definition) is 1. The van der Waals surface area contributed by atoms with Crippen LogP contribution < -0.4 is 0 Å². The van der Waals surface area contributed by atoms with Crippen LogP contribution in [0.15, 0.2) is 42.5 Å². The van der Waals surface area contributed by atoms with Gasteiger partial charge in [0.25, 0.3) is 0 Å². The van der Waals surface area contributed by atoms with Crippen molar-refractivity contribution >= 4 is 28.5 Å². The van der Waals surface area contributed by atoms with Gasteiger partial charge in [-0.2, -0.15) is 0 Å². The van der Waals surface area contributed by atoms with Crippen LogP contribution in [0.3, 0.4) is 0 Å². The van der Waals surface area contributed by atoms with Crippen molar-refractivity contribution in [2.45, 2.75) is 13.8 Å². The summed E-state index contributed by atoms with van der Waals surface area (Å²) in [7, 11) is 0. The second-order valence-electron chi connectivity index (χ2n) is 5.35. The number of benzene rings is 2. The first-order valence-corrected chi connectivity index (χ1v) is 7.25. The Balaban J connectivity index is 2.34. The Hall–Kier alpha value is -2.39. The van der Waals surface area contributed by atoms with Crippen LogP contribution in [0.2, 0.25) is 5.02 Å². The molecule has 3 rings (SSSR count). The number of carboxylic acids is 1. The molecule has 22 heavy (non-hydrogen) atoms. The molecule has 0 atom stereocenters. The Morgan fingerprint density at radius 2 is 1.77 bits per heavy atom. The quantitative estimate of drug-likeness (QED) is 0.734. The van der Waals surface area contributed by atoms with Crippen molar-refractivity contribution < 1.29 is 9.90 Å². The topological polar surface area (TPSA) is 50.2 Å². The maximum atomic E-state index is 11.6. The first-order chi connectivity index (χ1) is 10.5. The van der Waals surface area contributed by atoms with Crippen LogP contribution in [0.1, 0.15) is 21.5 Å². The van der Waals surface area contributed by atoms with Gasteiger partial charge in [0.2, 0.25) is 0 Å². The number of carboxylic acid groups (broad SMARTS) is 1. The number of nitrogens with zero attached hydrogens (tertiary/aromatic N) is 1. The van der Waals surface area contributed by atoms with E-state index in [1.807, 2.05) is 38.1 Å². The molecule has 110 valence electrons. The van der Waals surface area contributed by atoms with Gasteiger partial charge in [0.1, 0.15) is 0 Å². The molecular formula is C18H14ClNO2. The fourth-order valence-corrected chi connectivity index (χ4v) is 2.78. The van der Waals surface area contributed by atoms with Crippen molar-refractivity contribution in [1.82, 2.24) is 4.98 Å². The van der Waals surface area contributed by atoms with E-state index in [1.165, 1.54) is 0 Å². The molecule has 0 fully saturated rings. The van der Waals surface area contributed by atoms with Gasteiger partial charge >= 0.3 is 5.97 Å². The molecule has 1 aromatic heterocycles. The molecule has 0 radical (unpaired) electrons. The molecule has 3 aromatic rings. The summed E-state index contributed by atoms with van der Waals surface area (Å²) in [6.45, 7) is 3.89. The molecule has 1 heterocycles. The lowest BCUT2D eigenvalue weighted by Crippen LogP contribution is -2.01. The Morgan fingerprint density at radius 1 is 1.09 bits per heavy atom. The summed E-state index contributed by atoms with van der Waals surface area (Å²) in [6.07, 6.45) is 0. The van der Waals surface area contributed by atoms with E-state index in [0.29, 0.717) is 21.6 Å². The molecule has 0 bridgehead atoms. The molecule has 2 aromatic carbocycles. The smallest absolute Gasteiger partial charge is 0.336 e. The number of aromatic carboxylic acids is 1. The summed E-state index contributed by atoms with van der Waals surface area (Å²) < 4.78 is 0. The van der Waals surface area contributed by atoms with E-state index in [-0.39, 0.29) is 5.56 Å². The van der Waals surface area contributed by atoms with Gasteiger partial charge in [-0.05, 0) is 37.6 Å². The van der Waals surface area contributed by atoms with Crippen molar-refractivity contribution in [2.75, 3.05) is 0 Å². The molecule has 0 amide bonds. The van der Waals surface area contributed by atoms with Crippen LogP contribution in [0.4, 0.5) is 0 Å². The van der Waals surface area contributed by atoms with Gasteiger partial charge in [0.05, 0.1) is 16.8 Å². The minimum atomic E-state index is -0.984. The van der Waals surface area contributed by atoms with E-state index in [9.17, 15) is 9.90 Å². The zero-order chi connectivity index (χ0) is 15.9. The van der Waals surface area contributed by atoms with Gasteiger partial charge < -0.3 is 5.11 Å². The standard InChI is InChI=1S/C18H14ClNO2/c1-10-3-5-12(6-4-10)16-9-15(18(21)22)14-8-13(19)7-11(2)17(14)20-16/h3-9H,1-2H3,(H,21,22). The third-order valence-corrected chi connectivity index (χ3v) is 3.86. The summed E-state index contributed by atoms with van der Waals surface area (Å²) in [5.74, 6) is -0.984. The highest BCUT2D eigenvalue weighted by Crippen LogP contribution is 2.29. The highest BCUT2D eigenvalue weighted by atomic mass is 35.5. The minimum Gasteiger partial charge on any atom is -0.478 e. The molecule has 0 aliphatic rings. The van der Waals surface area contributed by atoms with Gasteiger partial charge in [-0.15, -0.1) is 0 Å². The largest absolute Gasteiger partial charge is 0.478 e. The van der Waals surface area contributed by atoms with E-state index in [1.54, 1.807) is 18.2 Å². The van der Waals surface area contributed by atoms with E-state index in [4.69, 9.17) is 11.6 Å². The van der Waals surface area contributed by atoms with Crippen molar-refractivity contribution in [3.05, 3.63) is 64.2 Å². The number of halogens is 1. The molecule has 0 aliphatic heterocycles. The van der Waals surface area contributed by atoms with E-state index in [2.05, 4.69) is 4.98 Å². The van der Waals surface area contributed by atoms with Crippen LogP contribution in [-0.2, 0) is 0 Å². The SMILES string of the molecule is Cc1ccc(-c2cc(C(=O)O)c3cc(Cl)cc(C)c3n2)cc1. The minimum absolute atomic E-state index is 0.214. The molecule has 0 saturated heterocycles. The van der Waals surface area contributed by atoms with Crippen molar-refractivity contribution in [3.63, 3.8) is 0 Å². The Labute approximate surface area is 133 Å². The number of fused-ring (bicyclic) bond motifs is 1. The van der Waals surface area contributed by atoms with Crippen molar-refractivity contribution in [3.8, 4) is 11.3 Å². The van der Waals surface area contributed by atoms with Crippen LogP contribution in [0.5, 0.6) is 0 Å². The Bertz CT molecular complexity index is 886. The monoisotopic (exact) mass is 311 g/mol. The van der Waals surface area contributed by atoms with Gasteiger partial charge in [-0.25, -0.2) is 9.78 Å². The van der Waals surface area contributed by atoms with E-state index < -0.39 is 5.97 Å². The third-order valence-electron chi connectivity index (χ3n) is 3.65. The predicted octanol–water partition coefficient (Wildman–Crippen LogP) is 4.87. The van der Waals surface area contributed by atoms with Crippen LogP contribution in [0, 0.1) is 13.8 Å². The summed E-state index contributed by atoms with van der Waals surface area (Å²) in [6, 6.07) is 12.9. The lowest BCUT2D eigenvalue weighted by molar-refractivity contribution is 0.0699. The van der Waals surface area contributed by atoms with Gasteiger partial charge in [0, 0.05) is 16.0 Å².